The summed E-state index contributed by atoms with van der Waals surface area (Å²) in [6.07, 6.45) is 11.4. The van der Waals surface area contributed by atoms with Crippen molar-refractivity contribution in [3.05, 3.63) is 24.0 Å². The lowest BCUT2D eigenvalue weighted by Gasteiger charge is -2.45. The summed E-state index contributed by atoms with van der Waals surface area (Å²) in [5.41, 5.74) is 2.21. The summed E-state index contributed by atoms with van der Waals surface area (Å²) in [6.45, 7) is 2.17. The zero-order valence-corrected chi connectivity index (χ0v) is 11.4. The van der Waals surface area contributed by atoms with Crippen LogP contribution in [0, 0.1) is 16.7 Å². The normalized spacial score (nSPS) is 22.2. The molecule has 0 radical (unpaired) electrons. The van der Waals surface area contributed by atoms with Crippen molar-refractivity contribution in [3.63, 3.8) is 0 Å². The van der Waals surface area contributed by atoms with E-state index in [1.54, 1.807) is 6.20 Å². The molecule has 100 valence electrons. The highest BCUT2D eigenvalue weighted by Crippen LogP contribution is 2.45. The summed E-state index contributed by atoms with van der Waals surface area (Å²) < 4.78 is 0. The number of anilines is 1. The molecule has 1 spiro atoms. The highest BCUT2D eigenvalue weighted by Gasteiger charge is 2.35. The van der Waals surface area contributed by atoms with Crippen LogP contribution in [0.4, 0.5) is 5.69 Å². The molecule has 19 heavy (non-hydrogen) atoms. The minimum Gasteiger partial charge on any atom is -0.369 e. The SMILES string of the molecule is N#Cc1ncccc1N1CCC2(CCCCC2)CC1. The van der Waals surface area contributed by atoms with Gasteiger partial charge in [-0.1, -0.05) is 19.3 Å². The number of nitriles is 1. The van der Waals surface area contributed by atoms with Crippen LogP contribution >= 0.6 is 0 Å². The molecule has 2 heterocycles. The average molecular weight is 255 g/mol. The van der Waals surface area contributed by atoms with E-state index in [-0.39, 0.29) is 0 Å². The molecule has 1 aromatic heterocycles. The number of aromatic nitrogens is 1. The van der Waals surface area contributed by atoms with Gasteiger partial charge in [-0.25, -0.2) is 4.98 Å². The third-order valence-corrected chi connectivity index (χ3v) is 4.97. The highest BCUT2D eigenvalue weighted by molar-refractivity contribution is 5.55. The van der Waals surface area contributed by atoms with Crippen molar-refractivity contribution in [2.24, 2.45) is 5.41 Å². The Morgan fingerprint density at radius 3 is 2.53 bits per heavy atom. The summed E-state index contributed by atoms with van der Waals surface area (Å²) in [5.74, 6) is 0. The van der Waals surface area contributed by atoms with Crippen LogP contribution in [0.3, 0.4) is 0 Å². The number of hydrogen-bond acceptors (Lipinski definition) is 3. The van der Waals surface area contributed by atoms with Gasteiger partial charge in [-0.05, 0) is 43.2 Å². The van der Waals surface area contributed by atoms with E-state index in [1.165, 1.54) is 44.9 Å². The molecule has 0 bridgehead atoms. The van der Waals surface area contributed by atoms with Crippen LogP contribution in [0.2, 0.25) is 0 Å². The van der Waals surface area contributed by atoms with Gasteiger partial charge in [-0.15, -0.1) is 0 Å². The summed E-state index contributed by atoms with van der Waals surface area (Å²) in [4.78, 5) is 6.53. The maximum absolute atomic E-state index is 9.15. The summed E-state index contributed by atoms with van der Waals surface area (Å²) in [7, 11) is 0. The Balaban J connectivity index is 1.71. The molecule has 1 aliphatic heterocycles. The van der Waals surface area contributed by atoms with Crippen molar-refractivity contribution in [2.45, 2.75) is 44.9 Å². The van der Waals surface area contributed by atoms with Crippen LogP contribution in [0.25, 0.3) is 0 Å². The van der Waals surface area contributed by atoms with Gasteiger partial charge in [0, 0.05) is 19.3 Å². The van der Waals surface area contributed by atoms with Crippen LogP contribution < -0.4 is 4.90 Å². The van der Waals surface area contributed by atoms with Crippen LogP contribution in [-0.2, 0) is 0 Å². The Hall–Kier alpha value is -1.56. The molecule has 1 saturated heterocycles. The molecule has 1 aromatic rings. The maximum atomic E-state index is 9.15. The van der Waals surface area contributed by atoms with Gasteiger partial charge in [-0.2, -0.15) is 5.26 Å². The van der Waals surface area contributed by atoms with Crippen LogP contribution in [0.5, 0.6) is 0 Å². The number of pyridine rings is 1. The van der Waals surface area contributed by atoms with Gasteiger partial charge in [0.25, 0.3) is 0 Å². The smallest absolute Gasteiger partial charge is 0.163 e. The predicted molar refractivity (Wildman–Crippen MR) is 75.9 cm³/mol. The van der Waals surface area contributed by atoms with Crippen LogP contribution in [0.1, 0.15) is 50.6 Å². The van der Waals surface area contributed by atoms with Gasteiger partial charge in [-0.3, -0.25) is 0 Å². The van der Waals surface area contributed by atoms with E-state index in [0.29, 0.717) is 11.1 Å². The second-order valence-corrected chi connectivity index (χ2v) is 6.03. The minimum atomic E-state index is 0.571. The molecular formula is C16H21N3. The quantitative estimate of drug-likeness (QED) is 0.771. The van der Waals surface area contributed by atoms with Crippen molar-refractivity contribution in [3.8, 4) is 6.07 Å². The molecule has 1 aliphatic carbocycles. The average Bonchev–Trinajstić information content (AvgIpc) is 2.49. The lowest BCUT2D eigenvalue weighted by molar-refractivity contribution is 0.144. The highest BCUT2D eigenvalue weighted by atomic mass is 15.1. The maximum Gasteiger partial charge on any atom is 0.163 e. The molecule has 2 aliphatic rings. The second-order valence-electron chi connectivity index (χ2n) is 6.03. The first kappa shape index (κ1) is 12.5. The minimum absolute atomic E-state index is 0.571. The summed E-state index contributed by atoms with van der Waals surface area (Å²) in [6, 6.07) is 6.17. The Morgan fingerprint density at radius 1 is 1.11 bits per heavy atom. The molecule has 0 N–H and O–H groups in total. The predicted octanol–water partition coefficient (Wildman–Crippen LogP) is 3.50. The summed E-state index contributed by atoms with van der Waals surface area (Å²) in [5, 5.41) is 9.15. The van der Waals surface area contributed by atoms with E-state index in [1.807, 2.05) is 12.1 Å². The molecule has 0 unspecified atom stereocenters. The van der Waals surface area contributed by atoms with Crippen molar-refractivity contribution < 1.29 is 0 Å². The zero-order chi connectivity index (χ0) is 13.1. The lowest BCUT2D eigenvalue weighted by atomic mass is 9.68. The molecule has 2 fully saturated rings. The number of hydrogen-bond donors (Lipinski definition) is 0. The van der Waals surface area contributed by atoms with Crippen molar-refractivity contribution in [1.82, 2.24) is 4.98 Å². The van der Waals surface area contributed by atoms with Crippen molar-refractivity contribution in [2.75, 3.05) is 18.0 Å². The largest absolute Gasteiger partial charge is 0.369 e. The van der Waals surface area contributed by atoms with E-state index in [0.717, 1.165) is 18.8 Å². The first-order valence-electron chi connectivity index (χ1n) is 7.43. The lowest BCUT2D eigenvalue weighted by Crippen LogP contribution is -2.41. The second kappa shape index (κ2) is 5.21. The van der Waals surface area contributed by atoms with Gasteiger partial charge in [0.2, 0.25) is 0 Å². The zero-order valence-electron chi connectivity index (χ0n) is 11.4. The van der Waals surface area contributed by atoms with E-state index in [2.05, 4.69) is 16.0 Å². The molecular weight excluding hydrogens is 234 g/mol. The fraction of sp³-hybridized carbons (Fsp3) is 0.625. The third-order valence-electron chi connectivity index (χ3n) is 4.97. The molecule has 0 amide bonds. The van der Waals surface area contributed by atoms with E-state index in [9.17, 15) is 0 Å². The summed E-state index contributed by atoms with van der Waals surface area (Å²) >= 11 is 0. The molecule has 3 rings (SSSR count). The van der Waals surface area contributed by atoms with E-state index < -0.39 is 0 Å². The van der Waals surface area contributed by atoms with Crippen molar-refractivity contribution >= 4 is 5.69 Å². The molecule has 0 aromatic carbocycles. The van der Waals surface area contributed by atoms with Gasteiger partial charge >= 0.3 is 0 Å². The van der Waals surface area contributed by atoms with Crippen molar-refractivity contribution in [1.29, 1.82) is 5.26 Å². The Morgan fingerprint density at radius 2 is 1.84 bits per heavy atom. The van der Waals surface area contributed by atoms with E-state index >= 15 is 0 Å². The Labute approximate surface area is 115 Å². The van der Waals surface area contributed by atoms with Gasteiger partial charge in [0.15, 0.2) is 5.69 Å². The van der Waals surface area contributed by atoms with Crippen LogP contribution in [-0.4, -0.2) is 18.1 Å². The molecule has 0 atom stereocenters. The first-order chi connectivity index (χ1) is 9.33. The number of piperidine rings is 1. The topological polar surface area (TPSA) is 39.9 Å². The molecule has 3 nitrogen and oxygen atoms in total. The fourth-order valence-electron chi connectivity index (χ4n) is 3.76. The van der Waals surface area contributed by atoms with E-state index in [4.69, 9.17) is 5.26 Å². The fourth-order valence-corrected chi connectivity index (χ4v) is 3.76. The Bertz CT molecular complexity index is 473. The number of rotatable bonds is 1. The van der Waals surface area contributed by atoms with Gasteiger partial charge in [0.05, 0.1) is 5.69 Å². The third kappa shape index (κ3) is 2.45. The molecule has 3 heteroatoms. The standard InChI is InChI=1S/C16H21N3/c17-13-14-15(5-4-10-18-14)19-11-8-16(9-12-19)6-2-1-3-7-16/h4-5,10H,1-3,6-9,11-12H2. The molecule has 1 saturated carbocycles. The number of nitrogens with zero attached hydrogens (tertiary/aromatic N) is 3. The first-order valence-corrected chi connectivity index (χ1v) is 7.43. The monoisotopic (exact) mass is 255 g/mol. The van der Waals surface area contributed by atoms with Gasteiger partial charge in [0.1, 0.15) is 6.07 Å². The Kier molecular flexibility index (Phi) is 3.42. The van der Waals surface area contributed by atoms with Crippen LogP contribution in [0.15, 0.2) is 18.3 Å². The van der Waals surface area contributed by atoms with Gasteiger partial charge < -0.3 is 4.90 Å².